The second-order valence-corrected chi connectivity index (χ2v) is 6.59. The molecule has 2 rings (SSSR count). The number of nitrogens with two attached hydrogens (primary N) is 1. The number of hydrogen-bond acceptors (Lipinski definition) is 4. The summed E-state index contributed by atoms with van der Waals surface area (Å²) in [5, 5.41) is 9.58. The Morgan fingerprint density at radius 3 is 2.84 bits per heavy atom. The number of carbonyl (C=O) groups is 1. The van der Waals surface area contributed by atoms with Gasteiger partial charge in [0.15, 0.2) is 0 Å². The number of thiophene rings is 1. The molecule has 6 heteroatoms. The van der Waals surface area contributed by atoms with Crippen molar-refractivity contribution in [3.63, 3.8) is 0 Å². The van der Waals surface area contributed by atoms with Crippen LogP contribution < -0.4 is 5.73 Å². The normalized spacial score (nSPS) is 10.6. The third-order valence-corrected chi connectivity index (χ3v) is 5.31. The Kier molecular flexibility index (Phi) is 4.39. The summed E-state index contributed by atoms with van der Waals surface area (Å²) < 4.78 is 0. The molecule has 0 bridgehead atoms. The Morgan fingerprint density at radius 1 is 1.53 bits per heavy atom. The van der Waals surface area contributed by atoms with Gasteiger partial charge in [-0.05, 0) is 30.7 Å². The van der Waals surface area contributed by atoms with E-state index in [1.807, 2.05) is 6.92 Å². The largest absolute Gasteiger partial charge is 0.477 e. The molecule has 0 spiro atoms. The molecule has 0 amide bonds. The highest BCUT2D eigenvalue weighted by atomic mass is 35.5. The van der Waals surface area contributed by atoms with Gasteiger partial charge >= 0.3 is 5.97 Å². The lowest BCUT2D eigenvalue weighted by atomic mass is 10.3. The SMILES string of the molecule is Cc1sc(C(=O)O)cc1CSc1c(N)cccc1Cl. The zero-order valence-electron chi connectivity index (χ0n) is 10.1. The van der Waals surface area contributed by atoms with Crippen LogP contribution in [0.25, 0.3) is 0 Å². The second kappa shape index (κ2) is 5.86. The van der Waals surface area contributed by atoms with Gasteiger partial charge < -0.3 is 10.8 Å². The molecule has 0 aliphatic heterocycles. The fourth-order valence-electron chi connectivity index (χ4n) is 1.60. The van der Waals surface area contributed by atoms with Crippen molar-refractivity contribution in [2.75, 3.05) is 5.73 Å². The molecular formula is C13H12ClNO2S2. The molecule has 0 radical (unpaired) electrons. The maximum absolute atomic E-state index is 10.9. The number of rotatable bonds is 4. The van der Waals surface area contributed by atoms with E-state index in [0.717, 1.165) is 15.3 Å². The molecule has 100 valence electrons. The first-order valence-electron chi connectivity index (χ1n) is 5.48. The van der Waals surface area contributed by atoms with E-state index >= 15 is 0 Å². The average Bonchev–Trinajstić information content (AvgIpc) is 2.70. The minimum Gasteiger partial charge on any atom is -0.477 e. The Hall–Kier alpha value is -1.17. The molecule has 0 unspecified atom stereocenters. The lowest BCUT2D eigenvalue weighted by molar-refractivity contribution is 0.0702. The summed E-state index contributed by atoms with van der Waals surface area (Å²) in [4.78, 5) is 13.1. The molecule has 1 aromatic heterocycles. The average molecular weight is 314 g/mol. The van der Waals surface area contributed by atoms with Gasteiger partial charge in [0.05, 0.1) is 5.02 Å². The van der Waals surface area contributed by atoms with E-state index in [2.05, 4.69) is 0 Å². The summed E-state index contributed by atoms with van der Waals surface area (Å²) >= 11 is 8.91. The van der Waals surface area contributed by atoms with Gasteiger partial charge in [0.2, 0.25) is 0 Å². The number of carboxylic acid groups (broad SMARTS) is 1. The van der Waals surface area contributed by atoms with Crippen LogP contribution in [0, 0.1) is 6.92 Å². The van der Waals surface area contributed by atoms with Gasteiger partial charge in [-0.2, -0.15) is 0 Å². The lowest BCUT2D eigenvalue weighted by Gasteiger charge is -2.07. The Bertz CT molecular complexity index is 605. The fourth-order valence-corrected chi connectivity index (χ4v) is 3.95. The fraction of sp³-hybridized carbons (Fsp3) is 0.154. The monoisotopic (exact) mass is 313 g/mol. The van der Waals surface area contributed by atoms with Crippen LogP contribution >= 0.6 is 34.7 Å². The van der Waals surface area contributed by atoms with Crippen molar-refractivity contribution in [3.05, 3.63) is 44.6 Å². The number of hydrogen-bond donors (Lipinski definition) is 2. The zero-order valence-corrected chi connectivity index (χ0v) is 12.5. The van der Waals surface area contributed by atoms with E-state index in [1.54, 1.807) is 24.3 Å². The predicted octanol–water partition coefficient (Wildman–Crippen LogP) is 4.28. The van der Waals surface area contributed by atoms with Crippen LogP contribution in [0.15, 0.2) is 29.2 Å². The van der Waals surface area contributed by atoms with Gasteiger partial charge in [-0.3, -0.25) is 0 Å². The number of carboxylic acids is 1. The van der Waals surface area contributed by atoms with Crippen LogP contribution in [0.4, 0.5) is 5.69 Å². The Balaban J connectivity index is 2.17. The van der Waals surface area contributed by atoms with E-state index in [0.29, 0.717) is 21.3 Å². The molecule has 0 aliphatic rings. The third-order valence-electron chi connectivity index (χ3n) is 2.60. The van der Waals surface area contributed by atoms with Crippen LogP contribution in [0.2, 0.25) is 5.02 Å². The van der Waals surface area contributed by atoms with E-state index < -0.39 is 5.97 Å². The summed E-state index contributed by atoms with van der Waals surface area (Å²) in [7, 11) is 0. The summed E-state index contributed by atoms with van der Waals surface area (Å²) in [6, 6.07) is 7.11. The lowest BCUT2D eigenvalue weighted by Crippen LogP contribution is -1.91. The summed E-state index contributed by atoms with van der Waals surface area (Å²) in [5.74, 6) is -0.231. The van der Waals surface area contributed by atoms with Crippen molar-refractivity contribution < 1.29 is 9.90 Å². The molecule has 3 nitrogen and oxygen atoms in total. The van der Waals surface area contributed by atoms with Crippen molar-refractivity contribution in [1.82, 2.24) is 0 Å². The van der Waals surface area contributed by atoms with Crippen molar-refractivity contribution in [3.8, 4) is 0 Å². The molecule has 1 heterocycles. The molecule has 0 atom stereocenters. The van der Waals surface area contributed by atoms with Gasteiger partial charge in [-0.25, -0.2) is 4.79 Å². The quantitative estimate of drug-likeness (QED) is 0.653. The smallest absolute Gasteiger partial charge is 0.345 e. The molecular weight excluding hydrogens is 302 g/mol. The van der Waals surface area contributed by atoms with Gasteiger partial charge in [-0.1, -0.05) is 17.7 Å². The highest BCUT2D eigenvalue weighted by Crippen LogP contribution is 2.36. The Labute approximate surface area is 124 Å². The predicted molar refractivity (Wildman–Crippen MR) is 81.4 cm³/mol. The van der Waals surface area contributed by atoms with Crippen LogP contribution in [-0.4, -0.2) is 11.1 Å². The molecule has 3 N–H and O–H groups in total. The van der Waals surface area contributed by atoms with Crippen LogP contribution in [-0.2, 0) is 5.75 Å². The van der Waals surface area contributed by atoms with E-state index in [1.165, 1.54) is 23.1 Å². The molecule has 0 saturated heterocycles. The molecule has 0 saturated carbocycles. The molecule has 0 fully saturated rings. The second-order valence-electron chi connectivity index (χ2n) is 3.94. The first-order chi connectivity index (χ1) is 8.99. The molecule has 2 aromatic rings. The van der Waals surface area contributed by atoms with E-state index in [-0.39, 0.29) is 0 Å². The number of thioether (sulfide) groups is 1. The zero-order chi connectivity index (χ0) is 14.0. The number of aryl methyl sites for hydroxylation is 1. The van der Waals surface area contributed by atoms with Gasteiger partial charge in [0.25, 0.3) is 0 Å². The molecule has 1 aromatic carbocycles. The van der Waals surface area contributed by atoms with Crippen molar-refractivity contribution in [2.45, 2.75) is 17.6 Å². The topological polar surface area (TPSA) is 63.3 Å². The highest BCUT2D eigenvalue weighted by Gasteiger charge is 2.12. The Morgan fingerprint density at radius 2 is 2.26 bits per heavy atom. The van der Waals surface area contributed by atoms with Crippen LogP contribution in [0.1, 0.15) is 20.1 Å². The highest BCUT2D eigenvalue weighted by molar-refractivity contribution is 7.98. The van der Waals surface area contributed by atoms with Crippen molar-refractivity contribution in [2.24, 2.45) is 0 Å². The summed E-state index contributed by atoms with van der Waals surface area (Å²) in [6.07, 6.45) is 0. The van der Waals surface area contributed by atoms with E-state index in [4.69, 9.17) is 22.4 Å². The maximum atomic E-state index is 10.9. The first-order valence-corrected chi connectivity index (χ1v) is 7.66. The summed E-state index contributed by atoms with van der Waals surface area (Å²) in [6.45, 7) is 1.92. The van der Waals surface area contributed by atoms with E-state index in [9.17, 15) is 4.79 Å². The van der Waals surface area contributed by atoms with Crippen molar-refractivity contribution >= 4 is 46.4 Å². The number of halogens is 1. The molecule has 0 aliphatic carbocycles. The maximum Gasteiger partial charge on any atom is 0.345 e. The number of anilines is 1. The minimum atomic E-state index is -0.887. The van der Waals surface area contributed by atoms with Gasteiger partial charge in [0, 0.05) is 21.2 Å². The third kappa shape index (κ3) is 3.23. The number of aromatic carboxylic acids is 1. The number of nitrogen functional groups attached to an aromatic ring is 1. The van der Waals surface area contributed by atoms with Crippen LogP contribution in [0.3, 0.4) is 0 Å². The molecule has 19 heavy (non-hydrogen) atoms. The van der Waals surface area contributed by atoms with Crippen LogP contribution in [0.5, 0.6) is 0 Å². The van der Waals surface area contributed by atoms with Gasteiger partial charge in [0.1, 0.15) is 4.88 Å². The minimum absolute atomic E-state index is 0.361. The standard InChI is InChI=1S/C13H12ClNO2S2/c1-7-8(5-11(19-7)13(16)17)6-18-12-9(14)3-2-4-10(12)15/h2-5H,6,15H2,1H3,(H,16,17). The first kappa shape index (κ1) is 14.2. The number of benzene rings is 1. The van der Waals surface area contributed by atoms with Gasteiger partial charge in [-0.15, -0.1) is 23.1 Å². The van der Waals surface area contributed by atoms with Crippen molar-refractivity contribution in [1.29, 1.82) is 0 Å². The summed E-state index contributed by atoms with van der Waals surface area (Å²) in [5.41, 5.74) is 7.53.